The van der Waals surface area contributed by atoms with Gasteiger partial charge in [0.1, 0.15) is 6.04 Å². The summed E-state index contributed by atoms with van der Waals surface area (Å²) in [6, 6.07) is -1.05. The second-order valence-electron chi connectivity index (χ2n) is 5.61. The first-order chi connectivity index (χ1) is 10.9. The monoisotopic (exact) mass is 343 g/mol. The maximum atomic E-state index is 12.2. The Bertz CT molecular complexity index is 479. The number of esters is 1. The Morgan fingerprint density at radius 3 is 2.74 bits per heavy atom. The van der Waals surface area contributed by atoms with E-state index in [1.165, 1.54) is 23.3 Å². The van der Waals surface area contributed by atoms with E-state index in [2.05, 4.69) is 10.3 Å². The lowest BCUT2D eigenvalue weighted by atomic mass is 10.2. The van der Waals surface area contributed by atoms with Gasteiger partial charge in [0, 0.05) is 37.8 Å². The van der Waals surface area contributed by atoms with E-state index in [1.807, 2.05) is 13.8 Å². The minimum Gasteiger partial charge on any atom is -0.467 e. The molecule has 8 heteroatoms. The van der Waals surface area contributed by atoms with Crippen molar-refractivity contribution in [2.24, 2.45) is 5.92 Å². The quantitative estimate of drug-likeness (QED) is 0.547. The van der Waals surface area contributed by atoms with Gasteiger partial charge in [-0.05, 0) is 5.92 Å². The molecule has 0 unspecified atom stereocenters. The highest BCUT2D eigenvalue weighted by Gasteiger charge is 2.23. The van der Waals surface area contributed by atoms with Gasteiger partial charge in [0.05, 0.1) is 19.2 Å². The average molecular weight is 343 g/mol. The zero-order valence-electron chi connectivity index (χ0n) is 14.1. The third-order valence-corrected chi connectivity index (χ3v) is 3.77. The van der Waals surface area contributed by atoms with Crippen LogP contribution in [0.3, 0.4) is 0 Å². The van der Waals surface area contributed by atoms with Crippen molar-refractivity contribution in [1.29, 1.82) is 0 Å². The van der Waals surface area contributed by atoms with Crippen molar-refractivity contribution in [3.05, 3.63) is 16.6 Å². The predicted molar refractivity (Wildman–Crippen MR) is 88.2 cm³/mol. The molecular weight excluding hydrogens is 318 g/mol. The number of hydrogen-bond donors (Lipinski definition) is 1. The lowest BCUT2D eigenvalue weighted by Gasteiger charge is -2.22. The molecule has 23 heavy (non-hydrogen) atoms. The minimum absolute atomic E-state index is 0.336. The Hall–Kier alpha value is -1.67. The highest BCUT2D eigenvalue weighted by molar-refractivity contribution is 7.09. The van der Waals surface area contributed by atoms with Crippen molar-refractivity contribution in [3.63, 3.8) is 0 Å². The largest absolute Gasteiger partial charge is 0.467 e. The van der Waals surface area contributed by atoms with Crippen molar-refractivity contribution >= 4 is 23.3 Å². The van der Waals surface area contributed by atoms with E-state index in [0.717, 1.165) is 4.88 Å². The second kappa shape index (κ2) is 10.2. The number of nitrogens with zero attached hydrogens (tertiary/aromatic N) is 2. The first-order valence-electron chi connectivity index (χ1n) is 7.48. The molecule has 0 spiro atoms. The first kappa shape index (κ1) is 19.4. The number of urea groups is 1. The summed E-state index contributed by atoms with van der Waals surface area (Å²) in [7, 11) is 2.97. The van der Waals surface area contributed by atoms with Gasteiger partial charge in [0.25, 0.3) is 0 Å². The molecule has 0 bridgehead atoms. The summed E-state index contributed by atoms with van der Waals surface area (Å²) in [5, 5.41) is 2.68. The lowest BCUT2D eigenvalue weighted by Crippen LogP contribution is -2.47. The third kappa shape index (κ3) is 7.43. The van der Waals surface area contributed by atoms with Gasteiger partial charge >= 0.3 is 12.0 Å². The number of aromatic nitrogens is 1. The summed E-state index contributed by atoms with van der Waals surface area (Å²) in [6.45, 7) is 5.54. The number of thiazole rings is 1. The van der Waals surface area contributed by atoms with Gasteiger partial charge in [-0.3, -0.25) is 4.98 Å². The number of carbonyl (C=O) groups excluding carboxylic acids is 2. The number of carbonyl (C=O) groups is 2. The van der Waals surface area contributed by atoms with Crippen LogP contribution >= 0.6 is 11.3 Å². The molecule has 0 saturated carbocycles. The molecule has 7 nitrogen and oxygen atoms in total. The Kier molecular flexibility index (Phi) is 8.57. The summed E-state index contributed by atoms with van der Waals surface area (Å²) in [5.41, 5.74) is 1.71. The Morgan fingerprint density at radius 1 is 1.43 bits per heavy atom. The van der Waals surface area contributed by atoms with Crippen molar-refractivity contribution in [2.75, 3.05) is 27.4 Å². The molecule has 0 radical (unpaired) electrons. The van der Waals surface area contributed by atoms with Crippen LogP contribution in [0.5, 0.6) is 0 Å². The summed E-state index contributed by atoms with van der Waals surface area (Å²) in [5.74, 6) is -0.0515. The van der Waals surface area contributed by atoms with Gasteiger partial charge in [0.15, 0.2) is 0 Å². The van der Waals surface area contributed by atoms with Crippen molar-refractivity contribution in [1.82, 2.24) is 15.2 Å². The fourth-order valence-electron chi connectivity index (χ4n) is 1.80. The van der Waals surface area contributed by atoms with Gasteiger partial charge in [-0.1, -0.05) is 13.8 Å². The summed E-state index contributed by atoms with van der Waals surface area (Å²) in [6.07, 6.45) is 2.09. The third-order valence-electron chi connectivity index (χ3n) is 3.01. The molecule has 0 aromatic carbocycles. The molecule has 0 aliphatic carbocycles. The van der Waals surface area contributed by atoms with E-state index in [4.69, 9.17) is 9.47 Å². The van der Waals surface area contributed by atoms with E-state index in [9.17, 15) is 9.59 Å². The standard InChI is InChI=1S/C15H25N3O4S/c1-11(2)9-22-6-5-13(14(19)21-4)17-15(20)18(3)8-12-7-16-10-23-12/h7,10-11,13H,5-6,8-9H2,1-4H3,(H,17,20)/t13-/m0/s1. The number of rotatable bonds is 9. The van der Waals surface area contributed by atoms with Crippen LogP contribution in [0, 0.1) is 5.92 Å². The fourth-order valence-corrected chi connectivity index (χ4v) is 2.44. The van der Waals surface area contributed by atoms with Gasteiger partial charge in [-0.25, -0.2) is 9.59 Å². The summed E-state index contributed by atoms with van der Waals surface area (Å²) >= 11 is 1.47. The molecule has 0 fully saturated rings. The number of hydrogen-bond acceptors (Lipinski definition) is 6. The van der Waals surface area contributed by atoms with Crippen LogP contribution in [0.4, 0.5) is 4.79 Å². The van der Waals surface area contributed by atoms with Crippen LogP contribution in [0.25, 0.3) is 0 Å². The van der Waals surface area contributed by atoms with Crippen LogP contribution in [0.2, 0.25) is 0 Å². The topological polar surface area (TPSA) is 80.8 Å². The number of nitrogens with one attached hydrogen (secondary N) is 1. The number of methoxy groups -OCH3 is 1. The smallest absolute Gasteiger partial charge is 0.328 e. The van der Waals surface area contributed by atoms with Crippen LogP contribution in [0.15, 0.2) is 11.7 Å². The summed E-state index contributed by atoms with van der Waals surface area (Å²) in [4.78, 5) is 30.4. The SMILES string of the molecule is COC(=O)[C@H](CCOCC(C)C)NC(=O)N(C)Cc1cncs1. The molecule has 2 amide bonds. The Labute approximate surface area is 141 Å². The van der Waals surface area contributed by atoms with E-state index in [-0.39, 0.29) is 6.03 Å². The highest BCUT2D eigenvalue weighted by Crippen LogP contribution is 2.09. The molecule has 130 valence electrons. The van der Waals surface area contributed by atoms with Crippen LogP contribution in [-0.4, -0.2) is 55.3 Å². The molecular formula is C15H25N3O4S. The molecule has 1 aromatic heterocycles. The Morgan fingerprint density at radius 2 is 2.17 bits per heavy atom. The molecule has 0 aliphatic heterocycles. The van der Waals surface area contributed by atoms with Gasteiger partial charge in [-0.15, -0.1) is 11.3 Å². The van der Waals surface area contributed by atoms with Crippen molar-refractivity contribution in [3.8, 4) is 0 Å². The number of ether oxygens (including phenoxy) is 2. The maximum absolute atomic E-state index is 12.2. The number of amides is 2. The van der Waals surface area contributed by atoms with Crippen LogP contribution < -0.4 is 5.32 Å². The lowest BCUT2D eigenvalue weighted by molar-refractivity contribution is -0.143. The normalized spacial score (nSPS) is 12.0. The van der Waals surface area contributed by atoms with Gasteiger partial charge < -0.3 is 19.7 Å². The van der Waals surface area contributed by atoms with Crippen LogP contribution in [-0.2, 0) is 20.8 Å². The molecule has 0 saturated heterocycles. The minimum atomic E-state index is -0.719. The second-order valence-corrected chi connectivity index (χ2v) is 6.58. The molecule has 0 aliphatic rings. The maximum Gasteiger partial charge on any atom is 0.328 e. The fraction of sp³-hybridized carbons (Fsp3) is 0.667. The summed E-state index contributed by atoms with van der Waals surface area (Å²) < 4.78 is 10.2. The van der Waals surface area contributed by atoms with Gasteiger partial charge in [-0.2, -0.15) is 0 Å². The van der Waals surface area contributed by atoms with E-state index >= 15 is 0 Å². The molecule has 1 rings (SSSR count). The Balaban J connectivity index is 2.47. The van der Waals surface area contributed by atoms with E-state index in [1.54, 1.807) is 18.8 Å². The van der Waals surface area contributed by atoms with E-state index in [0.29, 0.717) is 32.1 Å². The molecule has 1 heterocycles. The highest BCUT2D eigenvalue weighted by atomic mass is 32.1. The first-order valence-corrected chi connectivity index (χ1v) is 8.36. The zero-order valence-corrected chi connectivity index (χ0v) is 14.9. The zero-order chi connectivity index (χ0) is 17.2. The van der Waals surface area contributed by atoms with Crippen molar-refractivity contribution < 1.29 is 19.1 Å². The molecule has 1 aromatic rings. The van der Waals surface area contributed by atoms with Crippen molar-refractivity contribution in [2.45, 2.75) is 32.9 Å². The van der Waals surface area contributed by atoms with Crippen LogP contribution in [0.1, 0.15) is 25.1 Å². The molecule has 1 N–H and O–H groups in total. The predicted octanol–water partition coefficient (Wildman–Crippen LogP) is 1.89. The van der Waals surface area contributed by atoms with Gasteiger partial charge in [0.2, 0.25) is 0 Å². The molecule has 1 atom stereocenters. The average Bonchev–Trinajstić information content (AvgIpc) is 3.01. The van der Waals surface area contributed by atoms with E-state index < -0.39 is 12.0 Å².